The first-order valence-corrected chi connectivity index (χ1v) is 12.8. The normalized spacial score (nSPS) is 13.8. The predicted molar refractivity (Wildman–Crippen MR) is 128 cm³/mol. The molecule has 2 N–H and O–H groups in total. The Morgan fingerprint density at radius 1 is 0.912 bits per heavy atom. The highest BCUT2D eigenvalue weighted by Crippen LogP contribution is 2.38. The number of nitrogens with zero attached hydrogens (tertiary/aromatic N) is 2. The van der Waals surface area contributed by atoms with Gasteiger partial charge in [0, 0.05) is 37.5 Å². The average Bonchev–Trinajstić information content (AvgIpc) is 2.73. The second-order valence-electron chi connectivity index (χ2n) is 8.00. The van der Waals surface area contributed by atoms with Gasteiger partial charge in [0.15, 0.2) is 5.71 Å². The van der Waals surface area contributed by atoms with Gasteiger partial charge in [-0.2, -0.15) is 8.42 Å². The summed E-state index contributed by atoms with van der Waals surface area (Å²) in [5.41, 5.74) is 2.86. The smallest absolute Gasteiger partial charge is 0.298 e. The van der Waals surface area contributed by atoms with E-state index in [4.69, 9.17) is 0 Å². The van der Waals surface area contributed by atoms with Gasteiger partial charge < -0.3 is 14.6 Å². The number of anilines is 1. The molecule has 0 radical (unpaired) electrons. The van der Waals surface area contributed by atoms with E-state index >= 15 is 0 Å². The number of rotatable bonds is 5. The van der Waals surface area contributed by atoms with E-state index in [0.717, 1.165) is 17.5 Å². The van der Waals surface area contributed by atoms with Gasteiger partial charge in [0.1, 0.15) is 34.9 Å². The van der Waals surface area contributed by atoms with Gasteiger partial charge in [0.05, 0.1) is 4.90 Å². The van der Waals surface area contributed by atoms with Crippen molar-refractivity contribution in [2.24, 2.45) is 0 Å². The van der Waals surface area contributed by atoms with E-state index in [1.807, 2.05) is 37.7 Å². The first kappa shape index (κ1) is 25.4. The summed E-state index contributed by atoms with van der Waals surface area (Å²) in [6.45, 7) is 0. The summed E-state index contributed by atoms with van der Waals surface area (Å²) in [5, 5.41) is 10.3. The zero-order valence-electron chi connectivity index (χ0n) is 18.9. The van der Waals surface area contributed by atoms with Gasteiger partial charge in [-0.15, -0.1) is 0 Å². The molecule has 2 aromatic carbocycles. The fourth-order valence-corrected chi connectivity index (χ4v) is 4.85. The molecule has 0 heterocycles. The third kappa shape index (κ3) is 5.28. The Hall–Kier alpha value is -3.25. The number of phenols is 1. The zero-order valence-corrected chi connectivity index (χ0v) is 20.6. The summed E-state index contributed by atoms with van der Waals surface area (Å²) in [6.07, 6.45) is 7.03. The summed E-state index contributed by atoms with van der Waals surface area (Å²) in [6, 6.07) is 8.37. The third-order valence-corrected chi connectivity index (χ3v) is 6.98. The highest BCUT2D eigenvalue weighted by atomic mass is 32.2. The van der Waals surface area contributed by atoms with Crippen molar-refractivity contribution in [2.45, 2.75) is 9.79 Å². The standard InChI is InChI=1S/C23H24N2O7S2/c1-24(2)17-9-5-15(6-10-17)23(16-7-11-18(12-8-16)25(3)4)19-13-20(26)22(34(30,31)32)14-21(19)33(27,28)29/h5-14H,1-4H3,(H2-,26,27,28,29,30,31,32). The van der Waals surface area contributed by atoms with E-state index in [0.29, 0.717) is 17.2 Å². The lowest BCUT2D eigenvalue weighted by molar-refractivity contribution is -0.462. The highest BCUT2D eigenvalue weighted by molar-refractivity contribution is 7.86. The number of allylic oxidation sites excluding steroid dienone is 5. The van der Waals surface area contributed by atoms with Crippen LogP contribution >= 0.6 is 0 Å². The van der Waals surface area contributed by atoms with Crippen molar-refractivity contribution in [1.82, 2.24) is 0 Å². The van der Waals surface area contributed by atoms with Gasteiger partial charge in [-0.3, -0.25) is 4.55 Å². The quantitative estimate of drug-likeness (QED) is 0.467. The van der Waals surface area contributed by atoms with Crippen LogP contribution in [0.3, 0.4) is 0 Å². The van der Waals surface area contributed by atoms with Gasteiger partial charge in [-0.05, 0) is 53.1 Å². The fourth-order valence-electron chi connectivity index (χ4n) is 3.49. The molecule has 34 heavy (non-hydrogen) atoms. The molecule has 3 rings (SSSR count). The summed E-state index contributed by atoms with van der Waals surface area (Å²) >= 11 is 0. The Morgan fingerprint density at radius 2 is 1.47 bits per heavy atom. The zero-order chi connectivity index (χ0) is 25.4. The number of benzene rings is 2. The largest absolute Gasteiger partial charge is 0.744 e. The molecular formula is C23H24N2O7S2. The van der Waals surface area contributed by atoms with Crippen LogP contribution in [0.25, 0.3) is 5.57 Å². The molecule has 180 valence electrons. The van der Waals surface area contributed by atoms with Crippen molar-refractivity contribution in [3.63, 3.8) is 0 Å². The minimum atomic E-state index is -5.21. The molecule has 0 fully saturated rings. The minimum Gasteiger partial charge on any atom is -0.744 e. The molecule has 0 spiro atoms. The Morgan fingerprint density at radius 3 is 1.91 bits per heavy atom. The monoisotopic (exact) mass is 504 g/mol. The van der Waals surface area contributed by atoms with Crippen LogP contribution in [-0.4, -0.2) is 69.5 Å². The second-order valence-corrected chi connectivity index (χ2v) is 10.7. The number of phenolic OH excluding ortho intramolecular Hbond substituents is 1. The van der Waals surface area contributed by atoms with E-state index < -0.39 is 35.8 Å². The van der Waals surface area contributed by atoms with Crippen molar-refractivity contribution in [1.29, 1.82) is 0 Å². The van der Waals surface area contributed by atoms with Crippen LogP contribution in [0.4, 0.5) is 5.69 Å². The third-order valence-electron chi connectivity index (χ3n) is 5.22. The van der Waals surface area contributed by atoms with E-state index in [1.165, 1.54) is 0 Å². The Labute approximate surface area is 198 Å². The number of hydrogen-bond donors (Lipinski definition) is 2. The molecule has 9 nitrogen and oxygen atoms in total. The maximum absolute atomic E-state index is 12.2. The summed E-state index contributed by atoms with van der Waals surface area (Å²) < 4.78 is 71.0. The lowest BCUT2D eigenvalue weighted by atomic mass is 9.90. The summed E-state index contributed by atoms with van der Waals surface area (Å²) in [5.74, 6) is -0.891. The topological polar surface area (TPSA) is 138 Å². The molecule has 1 aliphatic carbocycles. The molecule has 0 aliphatic heterocycles. The Balaban J connectivity index is 2.42. The van der Waals surface area contributed by atoms with Crippen LogP contribution < -0.4 is 4.90 Å². The first-order valence-electron chi connectivity index (χ1n) is 9.93. The van der Waals surface area contributed by atoms with Gasteiger partial charge in [0.2, 0.25) is 0 Å². The van der Waals surface area contributed by atoms with Crippen molar-refractivity contribution in [2.75, 3.05) is 33.1 Å². The van der Waals surface area contributed by atoms with Crippen molar-refractivity contribution < 1.29 is 35.6 Å². The van der Waals surface area contributed by atoms with Crippen LogP contribution in [0.2, 0.25) is 0 Å². The molecule has 11 heteroatoms. The summed E-state index contributed by atoms with van der Waals surface area (Å²) in [4.78, 5) is -0.0903. The summed E-state index contributed by atoms with van der Waals surface area (Å²) in [7, 11) is -2.78. The van der Waals surface area contributed by atoms with E-state index in [1.54, 1.807) is 48.6 Å². The maximum atomic E-state index is 12.2. The molecule has 0 bridgehead atoms. The van der Waals surface area contributed by atoms with Gasteiger partial charge in [-0.25, -0.2) is 13.0 Å². The van der Waals surface area contributed by atoms with Crippen LogP contribution in [-0.2, 0) is 20.2 Å². The molecule has 0 unspecified atom stereocenters. The van der Waals surface area contributed by atoms with Gasteiger partial charge in [-0.1, -0.05) is 12.1 Å². The molecular weight excluding hydrogens is 480 g/mol. The van der Waals surface area contributed by atoms with Crippen molar-refractivity contribution in [3.05, 3.63) is 77.4 Å². The lowest BCUT2D eigenvalue weighted by Crippen LogP contribution is -2.11. The maximum Gasteiger partial charge on any atom is 0.298 e. The molecule has 0 atom stereocenters. The van der Waals surface area contributed by atoms with Gasteiger partial charge >= 0.3 is 0 Å². The molecule has 2 aromatic rings. The van der Waals surface area contributed by atoms with Crippen molar-refractivity contribution in [3.8, 4) is 5.75 Å². The van der Waals surface area contributed by atoms with Crippen LogP contribution in [0.1, 0.15) is 11.1 Å². The molecule has 0 saturated heterocycles. The van der Waals surface area contributed by atoms with Gasteiger partial charge in [0.25, 0.3) is 10.1 Å². The molecule has 1 aliphatic rings. The van der Waals surface area contributed by atoms with E-state index in [9.17, 15) is 31.0 Å². The molecule has 0 amide bonds. The van der Waals surface area contributed by atoms with Crippen LogP contribution in [0.5, 0.6) is 5.75 Å². The second kappa shape index (κ2) is 9.18. The van der Waals surface area contributed by atoms with Crippen molar-refractivity contribution >= 4 is 37.2 Å². The van der Waals surface area contributed by atoms with E-state index in [-0.39, 0.29) is 11.1 Å². The van der Waals surface area contributed by atoms with E-state index in [2.05, 4.69) is 0 Å². The lowest BCUT2D eigenvalue weighted by Gasteiger charge is -2.21. The van der Waals surface area contributed by atoms with Crippen LogP contribution in [0.15, 0.2) is 76.1 Å². The molecule has 0 aromatic heterocycles. The number of hydrogen-bond acceptors (Lipinski definition) is 7. The SMILES string of the molecule is CN(C)c1ccc(C(=C2C=CC(=[N+](C)C)C=C2)c2cc(O)c(S(=O)(=O)O)cc2S(=O)(=O)[O-])cc1. The minimum absolute atomic E-state index is 0.199. The fraction of sp³-hybridized carbons (Fsp3) is 0.174. The highest BCUT2D eigenvalue weighted by Gasteiger charge is 2.25. The Bertz CT molecular complexity index is 1460. The first-order chi connectivity index (χ1) is 15.7. The Kier molecular flexibility index (Phi) is 6.85. The molecule has 0 saturated carbocycles. The number of aromatic hydroxyl groups is 1. The predicted octanol–water partition coefficient (Wildman–Crippen LogP) is 2.25. The average molecular weight is 505 g/mol. The van der Waals surface area contributed by atoms with Crippen LogP contribution in [0, 0.1) is 0 Å².